The first kappa shape index (κ1) is 22.3. The summed E-state index contributed by atoms with van der Waals surface area (Å²) in [5.74, 6) is 2.45. The molecule has 0 spiro atoms. The Balaban J connectivity index is 0.00000261. The number of halogens is 1. The zero-order valence-corrected chi connectivity index (χ0v) is 19.2. The number of benzene rings is 1. The lowest BCUT2D eigenvalue weighted by molar-refractivity contribution is 0.122. The van der Waals surface area contributed by atoms with Crippen molar-refractivity contribution in [2.45, 2.75) is 50.6 Å². The van der Waals surface area contributed by atoms with E-state index in [1.165, 1.54) is 44.1 Å². The number of ether oxygens (including phenoxy) is 1. The third kappa shape index (κ3) is 5.98. The highest BCUT2D eigenvalue weighted by atomic mass is 127. The average Bonchev–Trinajstić information content (AvgIpc) is 3.18. The maximum Gasteiger partial charge on any atom is 0.191 e. The molecule has 0 bridgehead atoms. The van der Waals surface area contributed by atoms with Gasteiger partial charge in [0.05, 0.1) is 7.11 Å². The minimum absolute atomic E-state index is 0. The zero-order chi connectivity index (χ0) is 18.4. The van der Waals surface area contributed by atoms with E-state index < -0.39 is 0 Å². The van der Waals surface area contributed by atoms with Gasteiger partial charge in [0.2, 0.25) is 0 Å². The third-order valence-corrected chi connectivity index (χ3v) is 5.92. The molecule has 1 aromatic rings. The number of hydrogen-bond acceptors (Lipinski definition) is 3. The van der Waals surface area contributed by atoms with Crippen molar-refractivity contribution >= 4 is 29.9 Å². The van der Waals surface area contributed by atoms with Crippen molar-refractivity contribution in [1.29, 1.82) is 0 Å². The number of rotatable bonds is 5. The highest BCUT2D eigenvalue weighted by molar-refractivity contribution is 14.0. The van der Waals surface area contributed by atoms with Crippen LogP contribution in [0.5, 0.6) is 5.75 Å². The maximum atomic E-state index is 5.32. The van der Waals surface area contributed by atoms with Gasteiger partial charge in [0.25, 0.3) is 0 Å². The molecular weight excluding hydrogens is 451 g/mol. The summed E-state index contributed by atoms with van der Waals surface area (Å²) >= 11 is 0. The van der Waals surface area contributed by atoms with E-state index in [0.717, 1.165) is 24.8 Å². The summed E-state index contributed by atoms with van der Waals surface area (Å²) in [6.45, 7) is 2.11. The normalized spacial score (nSPS) is 24.3. The lowest BCUT2D eigenvalue weighted by Gasteiger charge is -2.40. The van der Waals surface area contributed by atoms with Crippen molar-refractivity contribution < 1.29 is 4.74 Å². The highest BCUT2D eigenvalue weighted by Crippen LogP contribution is 2.35. The number of guanidine groups is 1. The number of nitrogens with zero attached hydrogens (tertiary/aromatic N) is 2. The average molecular weight is 486 g/mol. The van der Waals surface area contributed by atoms with Crippen LogP contribution in [0.1, 0.15) is 50.1 Å². The van der Waals surface area contributed by atoms with Crippen LogP contribution in [-0.4, -0.2) is 51.2 Å². The van der Waals surface area contributed by atoms with Crippen LogP contribution in [0.2, 0.25) is 0 Å². The number of aliphatic imine (C=N–C) groups is 1. The monoisotopic (exact) mass is 486 g/mol. The van der Waals surface area contributed by atoms with Crippen LogP contribution in [0, 0.1) is 5.92 Å². The second-order valence-corrected chi connectivity index (χ2v) is 7.68. The summed E-state index contributed by atoms with van der Waals surface area (Å²) in [4.78, 5) is 6.93. The molecule has 0 aromatic heterocycles. The maximum absolute atomic E-state index is 5.32. The van der Waals surface area contributed by atoms with Gasteiger partial charge in [0, 0.05) is 25.7 Å². The molecule has 0 radical (unpaired) electrons. The molecule has 2 N–H and O–H groups in total. The van der Waals surface area contributed by atoms with Crippen molar-refractivity contribution in [3.63, 3.8) is 0 Å². The van der Waals surface area contributed by atoms with Gasteiger partial charge in [-0.3, -0.25) is 9.89 Å². The molecule has 2 unspecified atom stereocenters. The largest absolute Gasteiger partial charge is 0.497 e. The Bertz CT molecular complexity index is 586. The Labute approximate surface area is 181 Å². The van der Waals surface area contributed by atoms with Crippen LogP contribution in [0.3, 0.4) is 0 Å². The summed E-state index contributed by atoms with van der Waals surface area (Å²) in [6.07, 6.45) is 7.70. The van der Waals surface area contributed by atoms with Crippen LogP contribution >= 0.6 is 24.0 Å². The molecular formula is C21H35IN4O. The first-order valence-corrected chi connectivity index (χ1v) is 10.0. The lowest BCUT2D eigenvalue weighted by Crippen LogP contribution is -2.47. The Morgan fingerprint density at radius 2 is 1.85 bits per heavy atom. The van der Waals surface area contributed by atoms with Gasteiger partial charge in [0.1, 0.15) is 5.75 Å². The smallest absolute Gasteiger partial charge is 0.191 e. The fourth-order valence-corrected chi connectivity index (χ4v) is 4.49. The molecule has 1 saturated carbocycles. The molecule has 5 nitrogen and oxygen atoms in total. The van der Waals surface area contributed by atoms with E-state index >= 15 is 0 Å². The number of methoxy groups -OCH3 is 1. The van der Waals surface area contributed by atoms with Crippen LogP contribution in [0.15, 0.2) is 29.3 Å². The van der Waals surface area contributed by atoms with Gasteiger partial charge in [-0.2, -0.15) is 0 Å². The predicted octanol–water partition coefficient (Wildman–Crippen LogP) is 3.80. The van der Waals surface area contributed by atoms with Crippen molar-refractivity contribution in [3.8, 4) is 5.75 Å². The van der Waals surface area contributed by atoms with Gasteiger partial charge in [-0.15, -0.1) is 24.0 Å². The van der Waals surface area contributed by atoms with E-state index in [9.17, 15) is 0 Å². The predicted molar refractivity (Wildman–Crippen MR) is 123 cm³/mol. The first-order chi connectivity index (χ1) is 12.7. The molecule has 27 heavy (non-hydrogen) atoms. The molecule has 0 amide bonds. The molecule has 1 heterocycles. The van der Waals surface area contributed by atoms with Crippen LogP contribution in [0.25, 0.3) is 0 Å². The summed E-state index contributed by atoms with van der Waals surface area (Å²) < 4.78 is 5.32. The van der Waals surface area contributed by atoms with E-state index in [1.54, 1.807) is 7.11 Å². The summed E-state index contributed by atoms with van der Waals surface area (Å²) in [5, 5.41) is 7.19. The second kappa shape index (κ2) is 11.1. The highest BCUT2D eigenvalue weighted by Gasteiger charge is 2.30. The lowest BCUT2D eigenvalue weighted by atomic mass is 9.85. The zero-order valence-electron chi connectivity index (χ0n) is 16.9. The third-order valence-electron chi connectivity index (χ3n) is 5.92. The van der Waals surface area contributed by atoms with E-state index in [4.69, 9.17) is 4.74 Å². The van der Waals surface area contributed by atoms with Gasteiger partial charge in [0.15, 0.2) is 5.96 Å². The SMILES string of the molecule is CN=C(NCC1CCCN(C)C1c1ccc(OC)cc1)NC1CCCC1.I. The van der Waals surface area contributed by atoms with Crippen LogP contribution in [-0.2, 0) is 0 Å². The molecule has 1 aromatic carbocycles. The molecule has 2 aliphatic rings. The molecule has 2 fully saturated rings. The Morgan fingerprint density at radius 3 is 2.48 bits per heavy atom. The van der Waals surface area contributed by atoms with Crippen molar-refractivity contribution in [1.82, 2.24) is 15.5 Å². The molecule has 1 aliphatic heterocycles. The number of nitrogens with one attached hydrogen (secondary N) is 2. The van der Waals surface area contributed by atoms with Gasteiger partial charge in [-0.05, 0) is 62.9 Å². The van der Waals surface area contributed by atoms with Crippen LogP contribution < -0.4 is 15.4 Å². The van der Waals surface area contributed by atoms with Gasteiger partial charge in [-0.25, -0.2) is 0 Å². The summed E-state index contributed by atoms with van der Waals surface area (Å²) in [6, 6.07) is 9.60. The summed E-state index contributed by atoms with van der Waals surface area (Å²) in [7, 11) is 5.84. The quantitative estimate of drug-likeness (QED) is 0.378. The van der Waals surface area contributed by atoms with E-state index in [1.807, 2.05) is 7.05 Å². The van der Waals surface area contributed by atoms with Crippen molar-refractivity contribution in [3.05, 3.63) is 29.8 Å². The van der Waals surface area contributed by atoms with Gasteiger partial charge < -0.3 is 15.4 Å². The van der Waals surface area contributed by atoms with E-state index in [0.29, 0.717) is 18.0 Å². The van der Waals surface area contributed by atoms with Crippen molar-refractivity contribution in [2.24, 2.45) is 10.9 Å². The number of piperidine rings is 1. The standard InChI is InChI=1S/C21H34N4O.HI/c1-22-21(24-18-8-4-5-9-18)23-15-17-7-6-14-25(2)20(17)16-10-12-19(26-3)13-11-16;/h10-13,17-18,20H,4-9,14-15H2,1-3H3,(H2,22,23,24);1H. The summed E-state index contributed by atoms with van der Waals surface area (Å²) in [5.41, 5.74) is 1.37. The molecule has 6 heteroatoms. The number of likely N-dealkylation sites (tertiary alicyclic amines) is 1. The Kier molecular flexibility index (Phi) is 9.15. The second-order valence-electron chi connectivity index (χ2n) is 7.68. The number of hydrogen-bond donors (Lipinski definition) is 2. The Morgan fingerprint density at radius 1 is 1.15 bits per heavy atom. The molecule has 2 atom stereocenters. The topological polar surface area (TPSA) is 48.9 Å². The fourth-order valence-electron chi connectivity index (χ4n) is 4.49. The first-order valence-electron chi connectivity index (χ1n) is 10.0. The molecule has 1 saturated heterocycles. The van der Waals surface area contributed by atoms with E-state index in [2.05, 4.69) is 51.8 Å². The van der Waals surface area contributed by atoms with E-state index in [-0.39, 0.29) is 24.0 Å². The Hall–Kier alpha value is -1.02. The minimum Gasteiger partial charge on any atom is -0.497 e. The molecule has 152 valence electrons. The fraction of sp³-hybridized carbons (Fsp3) is 0.667. The van der Waals surface area contributed by atoms with Crippen LogP contribution in [0.4, 0.5) is 0 Å². The molecule has 1 aliphatic carbocycles. The molecule has 3 rings (SSSR count). The van der Waals surface area contributed by atoms with Gasteiger partial charge in [-0.1, -0.05) is 25.0 Å². The van der Waals surface area contributed by atoms with Gasteiger partial charge >= 0.3 is 0 Å². The van der Waals surface area contributed by atoms with Crippen molar-refractivity contribution in [2.75, 3.05) is 34.3 Å². The minimum atomic E-state index is 0.